The van der Waals surface area contributed by atoms with Gasteiger partial charge in [0, 0.05) is 6.92 Å². The first-order valence-electron chi connectivity index (χ1n) is 5.07. The molecule has 0 bridgehead atoms. The standard InChI is InChI=1S/C9H11N5O3S/c1-5(15)16-2-3-17-14-4-11-6-7(14)12-9(10)13-8(6)18/h4H,2-3H2,1H3,(H3,10,12,13,18). The lowest BCUT2D eigenvalue weighted by Crippen LogP contribution is -2.18. The molecule has 0 saturated heterocycles. The third-order valence-electron chi connectivity index (χ3n) is 2.03. The number of imidazole rings is 1. The second-order valence-electron chi connectivity index (χ2n) is 3.37. The van der Waals surface area contributed by atoms with E-state index in [1.807, 2.05) is 0 Å². The van der Waals surface area contributed by atoms with Crippen LogP contribution in [0.4, 0.5) is 5.95 Å². The minimum Gasteiger partial charge on any atom is -0.462 e. The first kappa shape index (κ1) is 12.3. The maximum Gasteiger partial charge on any atom is 0.302 e. The molecule has 2 heterocycles. The molecule has 9 heteroatoms. The summed E-state index contributed by atoms with van der Waals surface area (Å²) in [5, 5.41) is 0. The van der Waals surface area contributed by atoms with E-state index in [-0.39, 0.29) is 25.1 Å². The second-order valence-corrected chi connectivity index (χ2v) is 3.75. The third kappa shape index (κ3) is 2.56. The summed E-state index contributed by atoms with van der Waals surface area (Å²) in [6.07, 6.45) is 1.44. The van der Waals surface area contributed by atoms with Gasteiger partial charge < -0.3 is 20.3 Å². The van der Waals surface area contributed by atoms with Crippen LogP contribution in [0.15, 0.2) is 6.33 Å². The fraction of sp³-hybridized carbons (Fsp3) is 0.333. The van der Waals surface area contributed by atoms with Crippen molar-refractivity contribution in [3.63, 3.8) is 0 Å². The van der Waals surface area contributed by atoms with Crippen molar-refractivity contribution in [1.82, 2.24) is 19.7 Å². The molecule has 0 unspecified atom stereocenters. The maximum atomic E-state index is 10.6. The smallest absolute Gasteiger partial charge is 0.302 e. The monoisotopic (exact) mass is 269 g/mol. The summed E-state index contributed by atoms with van der Waals surface area (Å²) in [6, 6.07) is 0. The van der Waals surface area contributed by atoms with Gasteiger partial charge in [-0.15, -0.1) is 0 Å². The summed E-state index contributed by atoms with van der Waals surface area (Å²) in [4.78, 5) is 26.6. The summed E-state index contributed by atoms with van der Waals surface area (Å²) in [5.74, 6) is -0.181. The highest BCUT2D eigenvalue weighted by atomic mass is 32.1. The average molecular weight is 269 g/mol. The van der Waals surface area contributed by atoms with Crippen molar-refractivity contribution in [1.29, 1.82) is 0 Å². The summed E-state index contributed by atoms with van der Waals surface area (Å²) < 4.78 is 6.40. The summed E-state index contributed by atoms with van der Waals surface area (Å²) in [5.41, 5.74) is 6.55. The van der Waals surface area contributed by atoms with Gasteiger partial charge in [0.05, 0.1) is 0 Å². The van der Waals surface area contributed by atoms with E-state index in [9.17, 15) is 4.79 Å². The van der Waals surface area contributed by atoms with Gasteiger partial charge in [0.2, 0.25) is 5.95 Å². The lowest BCUT2D eigenvalue weighted by Gasteiger charge is -2.07. The van der Waals surface area contributed by atoms with Gasteiger partial charge in [0.15, 0.2) is 10.3 Å². The van der Waals surface area contributed by atoms with E-state index in [1.54, 1.807) is 0 Å². The van der Waals surface area contributed by atoms with Gasteiger partial charge >= 0.3 is 5.97 Å². The Morgan fingerprint density at radius 2 is 2.39 bits per heavy atom. The molecule has 0 radical (unpaired) electrons. The normalized spacial score (nSPS) is 10.5. The molecule has 0 atom stereocenters. The molecule has 18 heavy (non-hydrogen) atoms. The molecule has 0 fully saturated rings. The van der Waals surface area contributed by atoms with Gasteiger partial charge in [0.25, 0.3) is 0 Å². The fourth-order valence-electron chi connectivity index (χ4n) is 1.33. The van der Waals surface area contributed by atoms with Crippen LogP contribution in [0.25, 0.3) is 11.2 Å². The molecule has 0 aromatic carbocycles. The van der Waals surface area contributed by atoms with Crippen molar-refractivity contribution >= 4 is 35.3 Å². The molecule has 0 aliphatic rings. The van der Waals surface area contributed by atoms with Crippen LogP contribution in [0, 0.1) is 4.64 Å². The van der Waals surface area contributed by atoms with Gasteiger partial charge in [-0.3, -0.25) is 4.79 Å². The number of anilines is 1. The molecule has 0 spiro atoms. The highest BCUT2D eigenvalue weighted by molar-refractivity contribution is 7.71. The fourth-order valence-corrected chi connectivity index (χ4v) is 1.58. The molecule has 2 aromatic rings. The Morgan fingerprint density at radius 3 is 3.11 bits per heavy atom. The Labute approximate surface area is 107 Å². The topological polar surface area (TPSA) is 108 Å². The van der Waals surface area contributed by atoms with Crippen LogP contribution < -0.4 is 10.6 Å². The predicted molar refractivity (Wildman–Crippen MR) is 65.2 cm³/mol. The minimum absolute atomic E-state index is 0.149. The number of carbonyl (C=O) groups is 1. The zero-order valence-corrected chi connectivity index (χ0v) is 10.4. The number of nitrogens with two attached hydrogens (primary N) is 1. The van der Waals surface area contributed by atoms with Crippen LogP contribution in [0.1, 0.15) is 6.92 Å². The van der Waals surface area contributed by atoms with E-state index in [0.29, 0.717) is 15.8 Å². The number of rotatable bonds is 4. The van der Waals surface area contributed by atoms with E-state index in [2.05, 4.69) is 15.0 Å². The zero-order valence-electron chi connectivity index (χ0n) is 9.54. The highest BCUT2D eigenvalue weighted by Gasteiger charge is 2.07. The number of carbonyl (C=O) groups excluding carboxylic acids is 1. The molecule has 0 amide bonds. The van der Waals surface area contributed by atoms with Crippen LogP contribution in [0.5, 0.6) is 0 Å². The molecule has 96 valence electrons. The molecular weight excluding hydrogens is 258 g/mol. The van der Waals surface area contributed by atoms with Crippen molar-refractivity contribution in [2.24, 2.45) is 0 Å². The number of esters is 1. The number of nitrogens with one attached hydrogen (secondary N) is 1. The number of H-pyrrole nitrogens is 1. The highest BCUT2D eigenvalue weighted by Crippen LogP contribution is 2.10. The zero-order chi connectivity index (χ0) is 13.1. The molecule has 0 aliphatic heterocycles. The lowest BCUT2D eigenvalue weighted by atomic mass is 10.6. The molecule has 0 saturated carbocycles. The first-order valence-corrected chi connectivity index (χ1v) is 5.48. The number of aromatic nitrogens is 4. The SMILES string of the molecule is CC(=O)OCCOn1cnc2c(=S)nc(N)[nH]c21. The molecular formula is C9H11N5O3S. The van der Waals surface area contributed by atoms with Crippen LogP contribution in [-0.4, -0.2) is 38.9 Å². The van der Waals surface area contributed by atoms with Crippen molar-refractivity contribution < 1.29 is 14.4 Å². The van der Waals surface area contributed by atoms with Crippen molar-refractivity contribution in [3.05, 3.63) is 11.0 Å². The summed E-state index contributed by atoms with van der Waals surface area (Å²) >= 11 is 5.01. The average Bonchev–Trinajstić information content (AvgIpc) is 2.67. The Hall–Kier alpha value is -2.16. The molecule has 2 rings (SSSR count). The van der Waals surface area contributed by atoms with Gasteiger partial charge in [-0.25, -0.2) is 9.97 Å². The number of ether oxygens (including phenoxy) is 1. The number of fused-ring (bicyclic) bond motifs is 1. The summed E-state index contributed by atoms with van der Waals surface area (Å²) in [6.45, 7) is 1.67. The maximum absolute atomic E-state index is 10.6. The van der Waals surface area contributed by atoms with Gasteiger partial charge in [-0.2, -0.15) is 4.73 Å². The molecule has 8 nitrogen and oxygen atoms in total. The van der Waals surface area contributed by atoms with E-state index in [0.717, 1.165) is 0 Å². The van der Waals surface area contributed by atoms with E-state index < -0.39 is 0 Å². The minimum atomic E-state index is -0.359. The Kier molecular flexibility index (Phi) is 3.42. The lowest BCUT2D eigenvalue weighted by molar-refractivity contribution is -0.142. The number of nitrogens with zero attached hydrogens (tertiary/aromatic N) is 3. The second kappa shape index (κ2) is 5.00. The van der Waals surface area contributed by atoms with Crippen molar-refractivity contribution in [3.8, 4) is 0 Å². The first-order chi connectivity index (χ1) is 8.58. The van der Waals surface area contributed by atoms with Gasteiger partial charge in [0.1, 0.15) is 25.1 Å². The molecule has 0 aliphatic carbocycles. The van der Waals surface area contributed by atoms with Gasteiger partial charge in [-0.1, -0.05) is 12.2 Å². The quantitative estimate of drug-likeness (QED) is 0.459. The van der Waals surface area contributed by atoms with E-state index >= 15 is 0 Å². The van der Waals surface area contributed by atoms with E-state index in [4.69, 9.17) is 27.5 Å². The molecule has 3 N–H and O–H groups in total. The third-order valence-corrected chi connectivity index (χ3v) is 2.31. The number of hydrogen-bond donors (Lipinski definition) is 2. The number of hydrogen-bond acceptors (Lipinski definition) is 7. The van der Waals surface area contributed by atoms with Gasteiger partial charge in [-0.05, 0) is 0 Å². The largest absolute Gasteiger partial charge is 0.462 e. The van der Waals surface area contributed by atoms with Crippen molar-refractivity contribution in [2.75, 3.05) is 18.9 Å². The van der Waals surface area contributed by atoms with Crippen LogP contribution in [-0.2, 0) is 9.53 Å². The summed E-state index contributed by atoms with van der Waals surface area (Å²) in [7, 11) is 0. The Morgan fingerprint density at radius 1 is 1.61 bits per heavy atom. The van der Waals surface area contributed by atoms with E-state index in [1.165, 1.54) is 18.0 Å². The predicted octanol–water partition coefficient (Wildman–Crippen LogP) is 0.0628. The molecule has 2 aromatic heterocycles. The van der Waals surface area contributed by atoms with Crippen LogP contribution in [0.2, 0.25) is 0 Å². The van der Waals surface area contributed by atoms with Crippen LogP contribution in [0.3, 0.4) is 0 Å². The number of nitrogen functional groups attached to an aromatic ring is 1. The Bertz CT molecular complexity index is 635. The van der Waals surface area contributed by atoms with Crippen LogP contribution >= 0.6 is 12.2 Å². The Balaban J connectivity index is 2.14. The number of aromatic amines is 1. The van der Waals surface area contributed by atoms with Crippen molar-refractivity contribution in [2.45, 2.75) is 6.92 Å².